The number of benzene rings is 1. The predicted octanol–water partition coefficient (Wildman–Crippen LogP) is 5.77. The molecular formula is C29H36O2. The Bertz CT molecular complexity index is 926. The van der Waals surface area contributed by atoms with Gasteiger partial charge in [0.05, 0.1) is 5.92 Å². The molecule has 7 rings (SSSR count). The molecule has 6 aliphatic carbocycles. The fraction of sp³-hybridized carbons (Fsp3) is 0.690. The molecule has 164 valence electrons. The maximum atomic E-state index is 13.6. The van der Waals surface area contributed by atoms with Gasteiger partial charge in [-0.15, -0.1) is 0 Å². The Labute approximate surface area is 186 Å². The number of allylic oxidation sites excluding steroid dienone is 2. The molecule has 12 atom stereocenters. The van der Waals surface area contributed by atoms with E-state index >= 15 is 0 Å². The van der Waals surface area contributed by atoms with E-state index in [1.165, 1.54) is 24.8 Å². The van der Waals surface area contributed by atoms with Crippen LogP contribution in [0.25, 0.3) is 0 Å². The van der Waals surface area contributed by atoms with Gasteiger partial charge in [0.1, 0.15) is 5.60 Å². The van der Waals surface area contributed by atoms with Crippen LogP contribution in [0.4, 0.5) is 0 Å². The van der Waals surface area contributed by atoms with Gasteiger partial charge in [-0.25, -0.2) is 0 Å². The zero-order valence-corrected chi connectivity index (χ0v) is 19.1. The van der Waals surface area contributed by atoms with Crippen molar-refractivity contribution in [3.8, 4) is 0 Å². The number of fused-ring (bicyclic) bond motifs is 16. The second-order valence-electron chi connectivity index (χ2n) is 12.8. The number of hydrogen-bond donors (Lipinski definition) is 0. The molecule has 2 nitrogen and oxygen atoms in total. The molecular weight excluding hydrogens is 380 g/mol. The molecule has 0 spiro atoms. The predicted molar refractivity (Wildman–Crippen MR) is 121 cm³/mol. The number of rotatable bonds is 3. The van der Waals surface area contributed by atoms with Crippen molar-refractivity contribution in [1.82, 2.24) is 0 Å². The summed E-state index contributed by atoms with van der Waals surface area (Å²) in [6.45, 7) is 6.07. The zero-order valence-electron chi connectivity index (χ0n) is 19.1. The van der Waals surface area contributed by atoms with E-state index < -0.39 is 5.60 Å². The third-order valence-corrected chi connectivity index (χ3v) is 10.5. The van der Waals surface area contributed by atoms with Gasteiger partial charge in [-0.2, -0.15) is 0 Å². The molecule has 0 heterocycles. The first-order chi connectivity index (χ1) is 14.9. The number of hydrogen-bond acceptors (Lipinski definition) is 2. The molecule has 0 radical (unpaired) electrons. The first kappa shape index (κ1) is 18.9. The summed E-state index contributed by atoms with van der Waals surface area (Å²) in [5, 5.41) is 0. The molecule has 0 aliphatic heterocycles. The number of carbonyl (C=O) groups excluding carboxylic acids is 1. The fourth-order valence-electron chi connectivity index (χ4n) is 10.3. The van der Waals surface area contributed by atoms with Gasteiger partial charge in [-0.05, 0) is 117 Å². The Balaban J connectivity index is 1.24. The van der Waals surface area contributed by atoms with Crippen molar-refractivity contribution in [2.75, 3.05) is 0 Å². The average Bonchev–Trinajstić information content (AvgIpc) is 3.52. The normalized spacial score (nSPS) is 50.2. The largest absolute Gasteiger partial charge is 0.460 e. The first-order valence-electron chi connectivity index (χ1n) is 12.9. The Kier molecular flexibility index (Phi) is 3.83. The second-order valence-corrected chi connectivity index (χ2v) is 12.8. The quantitative estimate of drug-likeness (QED) is 0.355. The van der Waals surface area contributed by atoms with Crippen molar-refractivity contribution in [3.05, 3.63) is 48.0 Å². The van der Waals surface area contributed by atoms with Crippen molar-refractivity contribution >= 4 is 5.97 Å². The smallest absolute Gasteiger partial charge is 0.310 e. The first-order valence-corrected chi connectivity index (χ1v) is 12.9. The Morgan fingerprint density at radius 3 is 2.10 bits per heavy atom. The van der Waals surface area contributed by atoms with Crippen molar-refractivity contribution in [2.24, 2.45) is 71.0 Å². The Morgan fingerprint density at radius 2 is 1.45 bits per heavy atom. The molecule has 12 unspecified atom stereocenters. The summed E-state index contributed by atoms with van der Waals surface area (Å²) in [5.74, 6) is 9.12. The lowest BCUT2D eigenvalue weighted by Gasteiger charge is -2.48. The molecule has 0 amide bonds. The Hall–Kier alpha value is -1.57. The van der Waals surface area contributed by atoms with Gasteiger partial charge >= 0.3 is 5.97 Å². The molecule has 6 aliphatic rings. The van der Waals surface area contributed by atoms with Crippen LogP contribution >= 0.6 is 0 Å². The van der Waals surface area contributed by atoms with E-state index in [4.69, 9.17) is 4.74 Å². The minimum absolute atomic E-state index is 0.103. The highest BCUT2D eigenvalue weighted by Crippen LogP contribution is 2.77. The van der Waals surface area contributed by atoms with Crippen molar-refractivity contribution in [2.45, 2.75) is 52.1 Å². The fourth-order valence-corrected chi connectivity index (χ4v) is 10.3. The standard InChI is InChI=1S/C29H36O2/c1-29(2,3)31-28(30)27-18(11-15-7-5-4-6-8-15)19-13-22(27)26-21-14-20(25(19)26)23-16-9-10-17(12-16)24(21)23/h4-10,16-27H,11-14H2,1-3H3. The summed E-state index contributed by atoms with van der Waals surface area (Å²) >= 11 is 0. The van der Waals surface area contributed by atoms with Crippen LogP contribution in [-0.4, -0.2) is 11.6 Å². The highest BCUT2D eigenvalue weighted by Gasteiger charge is 2.73. The van der Waals surface area contributed by atoms with Crippen LogP contribution in [0.15, 0.2) is 42.5 Å². The van der Waals surface area contributed by atoms with Gasteiger partial charge in [-0.3, -0.25) is 4.79 Å². The summed E-state index contributed by atoms with van der Waals surface area (Å²) in [6.07, 6.45) is 10.3. The van der Waals surface area contributed by atoms with Crippen molar-refractivity contribution in [1.29, 1.82) is 0 Å². The highest BCUT2D eigenvalue weighted by atomic mass is 16.6. The van der Waals surface area contributed by atoms with E-state index in [0.717, 1.165) is 59.7 Å². The molecule has 1 aromatic rings. The van der Waals surface area contributed by atoms with Gasteiger partial charge in [0.15, 0.2) is 0 Å². The van der Waals surface area contributed by atoms with E-state index in [2.05, 4.69) is 42.5 Å². The van der Waals surface area contributed by atoms with E-state index in [0.29, 0.717) is 11.8 Å². The van der Waals surface area contributed by atoms with E-state index in [9.17, 15) is 4.79 Å². The minimum atomic E-state index is -0.398. The molecule has 6 bridgehead atoms. The summed E-state index contributed by atoms with van der Waals surface area (Å²) in [7, 11) is 0. The second kappa shape index (κ2) is 6.27. The molecule has 0 N–H and O–H groups in total. The monoisotopic (exact) mass is 416 g/mol. The Morgan fingerprint density at radius 1 is 0.839 bits per heavy atom. The lowest BCUT2D eigenvalue weighted by Crippen LogP contribution is -2.48. The molecule has 5 saturated carbocycles. The average molecular weight is 417 g/mol. The topological polar surface area (TPSA) is 26.3 Å². The van der Waals surface area contributed by atoms with Crippen LogP contribution in [0.3, 0.4) is 0 Å². The molecule has 1 aromatic carbocycles. The lowest BCUT2D eigenvalue weighted by atomic mass is 9.56. The van der Waals surface area contributed by atoms with Crippen molar-refractivity contribution < 1.29 is 9.53 Å². The molecule has 5 fully saturated rings. The van der Waals surface area contributed by atoms with Crippen LogP contribution in [0.5, 0.6) is 0 Å². The summed E-state index contributed by atoms with van der Waals surface area (Å²) < 4.78 is 6.06. The van der Waals surface area contributed by atoms with E-state index in [1.54, 1.807) is 0 Å². The van der Waals surface area contributed by atoms with Crippen LogP contribution in [0.1, 0.15) is 45.6 Å². The van der Waals surface area contributed by atoms with Gasteiger partial charge < -0.3 is 4.74 Å². The SMILES string of the molecule is CC(C)(C)OC(=O)C1C(Cc2ccccc2)C2CC1C1C3CC(C4C5C=CC(C5)C34)C21. The molecule has 0 aromatic heterocycles. The van der Waals surface area contributed by atoms with Gasteiger partial charge in [-0.1, -0.05) is 42.5 Å². The van der Waals surface area contributed by atoms with Crippen LogP contribution in [0.2, 0.25) is 0 Å². The molecule has 31 heavy (non-hydrogen) atoms. The van der Waals surface area contributed by atoms with Crippen LogP contribution in [-0.2, 0) is 16.0 Å². The zero-order chi connectivity index (χ0) is 21.1. The van der Waals surface area contributed by atoms with E-state index in [1.807, 2.05) is 20.8 Å². The lowest BCUT2D eigenvalue weighted by molar-refractivity contribution is -0.167. The van der Waals surface area contributed by atoms with Gasteiger partial charge in [0.2, 0.25) is 0 Å². The van der Waals surface area contributed by atoms with Gasteiger partial charge in [0, 0.05) is 0 Å². The maximum absolute atomic E-state index is 13.6. The summed E-state index contributed by atoms with van der Waals surface area (Å²) in [6, 6.07) is 10.9. The van der Waals surface area contributed by atoms with Crippen LogP contribution in [0, 0.1) is 71.0 Å². The minimum Gasteiger partial charge on any atom is -0.460 e. The maximum Gasteiger partial charge on any atom is 0.310 e. The molecule has 2 heteroatoms. The third-order valence-electron chi connectivity index (χ3n) is 10.5. The summed E-state index contributed by atoms with van der Waals surface area (Å²) in [4.78, 5) is 13.6. The van der Waals surface area contributed by atoms with E-state index in [-0.39, 0.29) is 11.9 Å². The van der Waals surface area contributed by atoms with Crippen molar-refractivity contribution in [3.63, 3.8) is 0 Å². The summed E-state index contributed by atoms with van der Waals surface area (Å²) in [5.41, 5.74) is 0.999. The molecule has 0 saturated heterocycles. The third kappa shape index (κ3) is 2.54. The number of esters is 1. The number of carbonyl (C=O) groups is 1. The highest BCUT2D eigenvalue weighted by molar-refractivity contribution is 5.74. The van der Waals surface area contributed by atoms with Crippen LogP contribution < -0.4 is 0 Å². The number of ether oxygens (including phenoxy) is 1. The van der Waals surface area contributed by atoms with Gasteiger partial charge in [0.25, 0.3) is 0 Å².